The third-order valence-corrected chi connectivity index (χ3v) is 3.25. The zero-order valence-electron chi connectivity index (χ0n) is 12.5. The van der Waals surface area contributed by atoms with E-state index in [0.29, 0.717) is 13.0 Å². The predicted molar refractivity (Wildman–Crippen MR) is 77.7 cm³/mol. The molecule has 0 N–H and O–H groups in total. The molecule has 0 heterocycles. The van der Waals surface area contributed by atoms with Crippen molar-refractivity contribution in [3.63, 3.8) is 0 Å². The minimum Gasteiger partial charge on any atom is -0.466 e. The molecule has 0 bridgehead atoms. The van der Waals surface area contributed by atoms with Gasteiger partial charge >= 0.3 is 5.97 Å². The van der Waals surface area contributed by atoms with Crippen LogP contribution in [-0.4, -0.2) is 12.6 Å². The summed E-state index contributed by atoms with van der Waals surface area (Å²) in [6.45, 7) is 5.04. The van der Waals surface area contributed by atoms with Crippen LogP contribution < -0.4 is 0 Å². The molecule has 2 heteroatoms. The first-order valence-electron chi connectivity index (χ1n) is 7.96. The molecule has 0 unspecified atom stereocenters. The molecule has 0 fully saturated rings. The lowest BCUT2D eigenvalue weighted by Crippen LogP contribution is -2.05. The van der Waals surface area contributed by atoms with E-state index in [1.54, 1.807) is 0 Å². The number of unbranched alkanes of at least 4 members (excludes halogenated alkanes) is 9. The molecule has 0 aromatic rings. The first kappa shape index (κ1) is 17.5. The van der Waals surface area contributed by atoms with Crippen molar-refractivity contribution in [3.05, 3.63) is 0 Å². The number of ether oxygens (including phenoxy) is 1. The third-order valence-electron chi connectivity index (χ3n) is 3.25. The van der Waals surface area contributed by atoms with Crippen LogP contribution in [0.2, 0.25) is 0 Å². The van der Waals surface area contributed by atoms with E-state index in [-0.39, 0.29) is 5.97 Å². The number of rotatable bonds is 13. The van der Waals surface area contributed by atoms with Crippen LogP contribution in [0, 0.1) is 0 Å². The Labute approximate surface area is 113 Å². The van der Waals surface area contributed by atoms with Crippen molar-refractivity contribution in [2.24, 2.45) is 0 Å². The molecule has 0 spiro atoms. The molecule has 0 aliphatic heterocycles. The van der Waals surface area contributed by atoms with Gasteiger partial charge in [-0.25, -0.2) is 0 Å². The summed E-state index contributed by atoms with van der Waals surface area (Å²) in [7, 11) is 0. The van der Waals surface area contributed by atoms with Gasteiger partial charge in [-0.1, -0.05) is 71.6 Å². The van der Waals surface area contributed by atoms with Gasteiger partial charge in [0, 0.05) is 6.42 Å². The Morgan fingerprint density at radius 2 is 1.22 bits per heavy atom. The molecular formula is C16H32O2. The molecule has 0 saturated carbocycles. The first-order valence-corrected chi connectivity index (χ1v) is 7.96. The van der Waals surface area contributed by atoms with Gasteiger partial charge in [0.25, 0.3) is 0 Å². The van der Waals surface area contributed by atoms with Crippen molar-refractivity contribution in [1.82, 2.24) is 0 Å². The van der Waals surface area contributed by atoms with Gasteiger partial charge in [-0.2, -0.15) is 0 Å². The fraction of sp³-hybridized carbons (Fsp3) is 0.938. The van der Waals surface area contributed by atoms with Crippen molar-refractivity contribution in [1.29, 1.82) is 0 Å². The molecule has 0 amide bonds. The summed E-state index contributed by atoms with van der Waals surface area (Å²) in [5.74, 6) is 0.0000525. The van der Waals surface area contributed by atoms with Gasteiger partial charge in [0.2, 0.25) is 0 Å². The van der Waals surface area contributed by atoms with Crippen molar-refractivity contribution >= 4 is 5.97 Å². The largest absolute Gasteiger partial charge is 0.466 e. The van der Waals surface area contributed by atoms with E-state index >= 15 is 0 Å². The summed E-state index contributed by atoms with van der Waals surface area (Å²) >= 11 is 0. The van der Waals surface area contributed by atoms with Crippen LogP contribution >= 0.6 is 0 Å². The fourth-order valence-electron chi connectivity index (χ4n) is 2.01. The number of esters is 1. The van der Waals surface area contributed by atoms with Crippen molar-refractivity contribution in [2.45, 2.75) is 90.9 Å². The zero-order valence-corrected chi connectivity index (χ0v) is 12.5. The molecule has 0 saturated heterocycles. The summed E-state index contributed by atoms with van der Waals surface area (Å²) in [5, 5.41) is 0. The summed E-state index contributed by atoms with van der Waals surface area (Å²) in [6.07, 6.45) is 14.0. The summed E-state index contributed by atoms with van der Waals surface area (Å²) < 4.78 is 5.19. The highest BCUT2D eigenvalue weighted by molar-refractivity contribution is 5.69. The average molecular weight is 256 g/mol. The molecule has 0 atom stereocenters. The standard InChI is InChI=1S/C16H32O2/c1-3-5-7-9-10-11-12-14-16(17)18-15-13-8-6-4-2/h3-15H2,1-2H3. The molecular weight excluding hydrogens is 224 g/mol. The van der Waals surface area contributed by atoms with Gasteiger partial charge in [-0.15, -0.1) is 0 Å². The summed E-state index contributed by atoms with van der Waals surface area (Å²) in [5.41, 5.74) is 0. The molecule has 0 aromatic carbocycles. The second-order valence-corrected chi connectivity index (χ2v) is 5.15. The monoisotopic (exact) mass is 256 g/mol. The predicted octanol–water partition coefficient (Wildman–Crippen LogP) is 5.25. The van der Waals surface area contributed by atoms with Gasteiger partial charge in [-0.3, -0.25) is 4.79 Å². The first-order chi connectivity index (χ1) is 8.81. The Balaban J connectivity index is 3.12. The van der Waals surface area contributed by atoms with Gasteiger partial charge in [0.1, 0.15) is 0 Å². The van der Waals surface area contributed by atoms with Crippen LogP contribution in [-0.2, 0) is 9.53 Å². The Morgan fingerprint density at radius 1 is 0.722 bits per heavy atom. The third kappa shape index (κ3) is 13.5. The van der Waals surface area contributed by atoms with E-state index < -0.39 is 0 Å². The van der Waals surface area contributed by atoms with Gasteiger partial charge in [-0.05, 0) is 12.8 Å². The molecule has 0 aliphatic carbocycles. The maximum Gasteiger partial charge on any atom is 0.305 e. The molecule has 0 radical (unpaired) electrons. The van der Waals surface area contributed by atoms with Crippen LogP contribution in [0.4, 0.5) is 0 Å². The van der Waals surface area contributed by atoms with Crippen LogP contribution in [0.25, 0.3) is 0 Å². The average Bonchev–Trinajstić information content (AvgIpc) is 2.37. The highest BCUT2D eigenvalue weighted by Crippen LogP contribution is 2.09. The second-order valence-electron chi connectivity index (χ2n) is 5.15. The fourth-order valence-corrected chi connectivity index (χ4v) is 2.01. The van der Waals surface area contributed by atoms with Crippen LogP contribution in [0.15, 0.2) is 0 Å². The van der Waals surface area contributed by atoms with Gasteiger partial charge < -0.3 is 4.74 Å². The Hall–Kier alpha value is -0.530. The topological polar surface area (TPSA) is 26.3 Å². The molecule has 0 rings (SSSR count). The van der Waals surface area contributed by atoms with E-state index in [0.717, 1.165) is 12.8 Å². The maximum absolute atomic E-state index is 11.4. The minimum absolute atomic E-state index is 0.0000525. The highest BCUT2D eigenvalue weighted by atomic mass is 16.5. The Morgan fingerprint density at radius 3 is 1.83 bits per heavy atom. The van der Waals surface area contributed by atoms with E-state index in [1.807, 2.05) is 0 Å². The zero-order chi connectivity index (χ0) is 13.5. The van der Waals surface area contributed by atoms with E-state index in [9.17, 15) is 4.79 Å². The number of carbonyl (C=O) groups is 1. The molecule has 2 nitrogen and oxygen atoms in total. The highest BCUT2D eigenvalue weighted by Gasteiger charge is 2.02. The lowest BCUT2D eigenvalue weighted by molar-refractivity contribution is -0.143. The van der Waals surface area contributed by atoms with Crippen molar-refractivity contribution < 1.29 is 9.53 Å². The van der Waals surface area contributed by atoms with E-state index in [2.05, 4.69) is 13.8 Å². The van der Waals surface area contributed by atoms with Crippen molar-refractivity contribution in [2.75, 3.05) is 6.61 Å². The lowest BCUT2D eigenvalue weighted by atomic mass is 10.1. The van der Waals surface area contributed by atoms with E-state index in [4.69, 9.17) is 4.74 Å². The van der Waals surface area contributed by atoms with Gasteiger partial charge in [0.05, 0.1) is 6.61 Å². The quantitative estimate of drug-likeness (QED) is 0.332. The SMILES string of the molecule is CCCCCCCCCC(=O)OCCCCCC. The number of carbonyl (C=O) groups excluding carboxylic acids is 1. The Kier molecular flexibility index (Phi) is 14.1. The lowest BCUT2D eigenvalue weighted by Gasteiger charge is -2.04. The minimum atomic E-state index is 0.0000525. The summed E-state index contributed by atoms with van der Waals surface area (Å²) in [6, 6.07) is 0. The maximum atomic E-state index is 11.4. The molecule has 18 heavy (non-hydrogen) atoms. The van der Waals surface area contributed by atoms with Crippen molar-refractivity contribution in [3.8, 4) is 0 Å². The summed E-state index contributed by atoms with van der Waals surface area (Å²) in [4.78, 5) is 11.4. The molecule has 108 valence electrons. The van der Waals surface area contributed by atoms with Crippen LogP contribution in [0.1, 0.15) is 90.9 Å². The normalized spacial score (nSPS) is 10.6. The van der Waals surface area contributed by atoms with E-state index in [1.165, 1.54) is 57.8 Å². The molecule has 0 aromatic heterocycles. The second kappa shape index (κ2) is 14.5. The smallest absolute Gasteiger partial charge is 0.305 e. The van der Waals surface area contributed by atoms with Gasteiger partial charge in [0.15, 0.2) is 0 Å². The number of hydrogen-bond donors (Lipinski definition) is 0. The molecule has 0 aliphatic rings. The number of hydrogen-bond acceptors (Lipinski definition) is 2. The van der Waals surface area contributed by atoms with Crippen LogP contribution in [0.5, 0.6) is 0 Å². The van der Waals surface area contributed by atoms with Crippen LogP contribution in [0.3, 0.4) is 0 Å². The Bertz CT molecular complexity index is 178.